The Morgan fingerprint density at radius 2 is 1.88 bits per heavy atom. The summed E-state index contributed by atoms with van der Waals surface area (Å²) < 4.78 is 5.94. The Balaban J connectivity index is 2.42. The molecule has 0 N–H and O–H groups in total. The number of hydrogen-bond donors (Lipinski definition) is 0. The second kappa shape index (κ2) is 8.08. The molecule has 1 aromatic rings. The standard InChI is InChI=1S/C16H24O/c1-4-5-6-10-13-17-16(14(2)3)15-11-8-7-9-12-15/h7-9,11-12,16H,2,4-6,10,13H2,1,3H3. The van der Waals surface area contributed by atoms with Crippen molar-refractivity contribution in [2.75, 3.05) is 6.61 Å². The van der Waals surface area contributed by atoms with Gasteiger partial charge in [0.2, 0.25) is 0 Å². The molecule has 0 aliphatic carbocycles. The van der Waals surface area contributed by atoms with Gasteiger partial charge in [0.1, 0.15) is 6.10 Å². The number of benzene rings is 1. The van der Waals surface area contributed by atoms with Gasteiger partial charge in [-0.25, -0.2) is 0 Å². The van der Waals surface area contributed by atoms with E-state index < -0.39 is 0 Å². The van der Waals surface area contributed by atoms with Crippen molar-refractivity contribution in [3.63, 3.8) is 0 Å². The van der Waals surface area contributed by atoms with E-state index in [0.717, 1.165) is 18.6 Å². The smallest absolute Gasteiger partial charge is 0.103 e. The van der Waals surface area contributed by atoms with E-state index in [1.165, 1.54) is 24.8 Å². The zero-order valence-electron chi connectivity index (χ0n) is 11.1. The van der Waals surface area contributed by atoms with Crippen molar-refractivity contribution in [1.29, 1.82) is 0 Å². The molecule has 1 aromatic carbocycles. The van der Waals surface area contributed by atoms with Gasteiger partial charge < -0.3 is 4.74 Å². The summed E-state index contributed by atoms with van der Waals surface area (Å²) in [6.07, 6.45) is 5.02. The van der Waals surface area contributed by atoms with Crippen LogP contribution in [0.15, 0.2) is 42.5 Å². The Kier molecular flexibility index (Phi) is 6.64. The summed E-state index contributed by atoms with van der Waals surface area (Å²) in [6.45, 7) is 9.10. The third-order valence-corrected chi connectivity index (χ3v) is 2.83. The van der Waals surface area contributed by atoms with Crippen LogP contribution in [-0.2, 0) is 4.74 Å². The molecule has 0 aliphatic rings. The lowest BCUT2D eigenvalue weighted by molar-refractivity contribution is 0.0745. The molecule has 1 rings (SSSR count). The van der Waals surface area contributed by atoms with Crippen LogP contribution in [-0.4, -0.2) is 6.61 Å². The molecule has 17 heavy (non-hydrogen) atoms. The first-order valence-electron chi connectivity index (χ1n) is 6.57. The van der Waals surface area contributed by atoms with Crippen LogP contribution in [0.1, 0.15) is 51.2 Å². The Bertz CT molecular complexity index is 316. The summed E-state index contributed by atoms with van der Waals surface area (Å²) in [6, 6.07) is 10.3. The summed E-state index contributed by atoms with van der Waals surface area (Å²) in [5.74, 6) is 0. The van der Waals surface area contributed by atoms with Crippen LogP contribution < -0.4 is 0 Å². The summed E-state index contributed by atoms with van der Waals surface area (Å²) in [5, 5.41) is 0. The Morgan fingerprint density at radius 1 is 1.18 bits per heavy atom. The van der Waals surface area contributed by atoms with E-state index in [9.17, 15) is 0 Å². The van der Waals surface area contributed by atoms with E-state index in [4.69, 9.17) is 4.74 Å². The number of hydrogen-bond acceptors (Lipinski definition) is 1. The Morgan fingerprint density at radius 3 is 2.47 bits per heavy atom. The zero-order chi connectivity index (χ0) is 12.5. The van der Waals surface area contributed by atoms with Gasteiger partial charge in [-0.15, -0.1) is 0 Å². The first kappa shape index (κ1) is 14.0. The number of rotatable bonds is 8. The minimum atomic E-state index is 0.0535. The molecule has 94 valence electrons. The van der Waals surface area contributed by atoms with Gasteiger partial charge in [-0.2, -0.15) is 0 Å². The highest BCUT2D eigenvalue weighted by Crippen LogP contribution is 2.24. The molecule has 0 spiro atoms. The maximum absolute atomic E-state index is 5.94. The third kappa shape index (κ3) is 5.18. The maximum atomic E-state index is 5.94. The van der Waals surface area contributed by atoms with Crippen molar-refractivity contribution in [2.24, 2.45) is 0 Å². The van der Waals surface area contributed by atoms with Gasteiger partial charge in [0.25, 0.3) is 0 Å². The Hall–Kier alpha value is -1.08. The van der Waals surface area contributed by atoms with Crippen LogP contribution in [0.2, 0.25) is 0 Å². The van der Waals surface area contributed by atoms with Crippen LogP contribution >= 0.6 is 0 Å². The van der Waals surface area contributed by atoms with Crippen LogP contribution in [0, 0.1) is 0 Å². The molecule has 0 heterocycles. The molecule has 0 saturated heterocycles. The molecule has 1 heteroatoms. The van der Waals surface area contributed by atoms with Crippen molar-refractivity contribution in [3.8, 4) is 0 Å². The zero-order valence-corrected chi connectivity index (χ0v) is 11.1. The van der Waals surface area contributed by atoms with Crippen LogP contribution in [0.4, 0.5) is 0 Å². The maximum Gasteiger partial charge on any atom is 0.103 e. The lowest BCUT2D eigenvalue weighted by atomic mass is 10.0. The van der Waals surface area contributed by atoms with Gasteiger partial charge in [-0.05, 0) is 24.5 Å². The second-order valence-corrected chi connectivity index (χ2v) is 4.57. The highest BCUT2D eigenvalue weighted by Gasteiger charge is 2.11. The van der Waals surface area contributed by atoms with Crippen molar-refractivity contribution >= 4 is 0 Å². The van der Waals surface area contributed by atoms with Crippen LogP contribution in [0.25, 0.3) is 0 Å². The SMILES string of the molecule is C=C(C)C(OCCCCCC)c1ccccc1. The molecule has 0 radical (unpaired) electrons. The topological polar surface area (TPSA) is 9.23 Å². The molecular weight excluding hydrogens is 208 g/mol. The molecule has 1 atom stereocenters. The number of ether oxygens (including phenoxy) is 1. The van der Waals surface area contributed by atoms with E-state index in [2.05, 4.69) is 25.6 Å². The van der Waals surface area contributed by atoms with Crippen molar-refractivity contribution in [2.45, 2.75) is 45.6 Å². The quantitative estimate of drug-likeness (QED) is 0.457. The third-order valence-electron chi connectivity index (χ3n) is 2.83. The fourth-order valence-corrected chi connectivity index (χ4v) is 1.88. The van der Waals surface area contributed by atoms with Gasteiger partial charge in [0.15, 0.2) is 0 Å². The van der Waals surface area contributed by atoms with Gasteiger partial charge >= 0.3 is 0 Å². The molecule has 0 aliphatic heterocycles. The summed E-state index contributed by atoms with van der Waals surface area (Å²) in [7, 11) is 0. The molecule has 0 fully saturated rings. The monoisotopic (exact) mass is 232 g/mol. The molecule has 0 amide bonds. The highest BCUT2D eigenvalue weighted by atomic mass is 16.5. The lowest BCUT2D eigenvalue weighted by Crippen LogP contribution is -2.06. The average Bonchev–Trinajstić information content (AvgIpc) is 2.34. The first-order valence-corrected chi connectivity index (χ1v) is 6.57. The molecule has 0 saturated carbocycles. The predicted molar refractivity (Wildman–Crippen MR) is 74.1 cm³/mol. The lowest BCUT2D eigenvalue weighted by Gasteiger charge is -2.18. The fourth-order valence-electron chi connectivity index (χ4n) is 1.88. The fraction of sp³-hybridized carbons (Fsp3) is 0.500. The number of unbranched alkanes of at least 4 members (excludes halogenated alkanes) is 3. The van der Waals surface area contributed by atoms with Gasteiger partial charge in [-0.3, -0.25) is 0 Å². The van der Waals surface area contributed by atoms with E-state index in [0.29, 0.717) is 0 Å². The van der Waals surface area contributed by atoms with E-state index >= 15 is 0 Å². The summed E-state index contributed by atoms with van der Waals surface area (Å²) >= 11 is 0. The predicted octanol–water partition coefficient (Wildman–Crippen LogP) is 4.90. The van der Waals surface area contributed by atoms with Crippen molar-refractivity contribution in [1.82, 2.24) is 0 Å². The minimum absolute atomic E-state index is 0.0535. The van der Waals surface area contributed by atoms with Crippen LogP contribution in [0.5, 0.6) is 0 Å². The summed E-state index contributed by atoms with van der Waals surface area (Å²) in [4.78, 5) is 0. The van der Waals surface area contributed by atoms with Crippen molar-refractivity contribution in [3.05, 3.63) is 48.0 Å². The van der Waals surface area contributed by atoms with E-state index in [1.54, 1.807) is 0 Å². The van der Waals surface area contributed by atoms with E-state index in [-0.39, 0.29) is 6.10 Å². The normalized spacial score (nSPS) is 12.4. The second-order valence-electron chi connectivity index (χ2n) is 4.57. The van der Waals surface area contributed by atoms with Gasteiger partial charge in [0.05, 0.1) is 0 Å². The largest absolute Gasteiger partial charge is 0.369 e. The first-order chi connectivity index (χ1) is 8.25. The molecule has 1 unspecified atom stereocenters. The molecule has 0 aromatic heterocycles. The van der Waals surface area contributed by atoms with Crippen LogP contribution in [0.3, 0.4) is 0 Å². The van der Waals surface area contributed by atoms with E-state index in [1.807, 2.05) is 25.1 Å². The molecule has 1 nitrogen and oxygen atoms in total. The Labute approximate surface area is 106 Å². The minimum Gasteiger partial charge on any atom is -0.369 e. The summed E-state index contributed by atoms with van der Waals surface area (Å²) in [5.41, 5.74) is 2.28. The highest BCUT2D eigenvalue weighted by molar-refractivity contribution is 5.24. The van der Waals surface area contributed by atoms with Gasteiger partial charge in [0, 0.05) is 6.61 Å². The molecular formula is C16H24O. The molecule has 0 bridgehead atoms. The van der Waals surface area contributed by atoms with Gasteiger partial charge in [-0.1, -0.05) is 63.1 Å². The average molecular weight is 232 g/mol. The van der Waals surface area contributed by atoms with Crippen molar-refractivity contribution < 1.29 is 4.74 Å².